The first-order valence-electron chi connectivity index (χ1n) is 8.85. The number of halogens is 2. The lowest BCUT2D eigenvalue weighted by Gasteiger charge is -2.20. The van der Waals surface area contributed by atoms with Crippen molar-refractivity contribution < 1.29 is 22.3 Å². The van der Waals surface area contributed by atoms with Crippen molar-refractivity contribution in [3.05, 3.63) is 76.5 Å². The van der Waals surface area contributed by atoms with Crippen molar-refractivity contribution in [2.45, 2.75) is 11.4 Å². The Kier molecular flexibility index (Phi) is 8.33. The van der Waals surface area contributed by atoms with Crippen molar-refractivity contribution in [3.63, 3.8) is 0 Å². The van der Waals surface area contributed by atoms with Gasteiger partial charge in [-0.3, -0.25) is 4.79 Å². The molecule has 160 valence electrons. The van der Waals surface area contributed by atoms with Crippen LogP contribution in [-0.2, 0) is 21.4 Å². The van der Waals surface area contributed by atoms with Gasteiger partial charge in [0.25, 0.3) is 0 Å². The quantitative estimate of drug-likeness (QED) is 0.423. The summed E-state index contributed by atoms with van der Waals surface area (Å²) in [5.41, 5.74) is 0.852. The van der Waals surface area contributed by atoms with Crippen LogP contribution >= 0.6 is 15.9 Å². The van der Waals surface area contributed by atoms with E-state index in [1.807, 2.05) is 0 Å². The number of amides is 1. The van der Waals surface area contributed by atoms with E-state index in [1.165, 1.54) is 49.4 Å². The number of hydrogen-bond acceptors (Lipinski definition) is 4. The average molecular weight is 497 g/mol. The van der Waals surface area contributed by atoms with Gasteiger partial charge in [-0.15, -0.1) is 6.58 Å². The highest BCUT2D eigenvalue weighted by atomic mass is 79.9. The minimum Gasteiger partial charge on any atom is -0.495 e. The van der Waals surface area contributed by atoms with Crippen LogP contribution in [0.2, 0.25) is 0 Å². The molecule has 0 aliphatic rings. The molecular formula is C21H22BrFN2O4S. The van der Waals surface area contributed by atoms with Crippen LogP contribution in [0.5, 0.6) is 5.75 Å². The van der Waals surface area contributed by atoms with Gasteiger partial charge in [-0.05, 0) is 49.0 Å². The number of sulfonamides is 1. The molecule has 0 aliphatic heterocycles. The Morgan fingerprint density at radius 2 is 2.03 bits per heavy atom. The number of methoxy groups -OCH3 is 1. The number of carbonyl (C=O) groups is 1. The number of hydrogen-bond donors (Lipinski definition) is 1. The van der Waals surface area contributed by atoms with Crippen molar-refractivity contribution in [2.75, 3.05) is 20.7 Å². The van der Waals surface area contributed by atoms with Gasteiger partial charge in [0, 0.05) is 29.2 Å². The van der Waals surface area contributed by atoms with E-state index in [-0.39, 0.29) is 29.6 Å². The maximum absolute atomic E-state index is 14.1. The molecule has 0 fully saturated rings. The highest BCUT2D eigenvalue weighted by Crippen LogP contribution is 2.25. The highest BCUT2D eigenvalue weighted by molar-refractivity contribution is 9.10. The first-order chi connectivity index (χ1) is 14.2. The first-order valence-corrected chi connectivity index (χ1v) is 11.1. The third-order valence-corrected chi connectivity index (χ3v) is 6.12. The molecule has 0 radical (unpaired) electrons. The van der Waals surface area contributed by atoms with E-state index in [9.17, 15) is 17.6 Å². The van der Waals surface area contributed by atoms with Gasteiger partial charge in [0.05, 0.1) is 7.11 Å². The fourth-order valence-corrected chi connectivity index (χ4v) is 3.98. The van der Waals surface area contributed by atoms with Gasteiger partial charge in [0.15, 0.2) is 0 Å². The highest BCUT2D eigenvalue weighted by Gasteiger charge is 2.18. The van der Waals surface area contributed by atoms with Crippen molar-refractivity contribution in [2.24, 2.45) is 0 Å². The largest absolute Gasteiger partial charge is 0.495 e. The third-order valence-electron chi connectivity index (χ3n) is 4.19. The molecule has 0 heterocycles. The molecule has 0 unspecified atom stereocenters. The second-order valence-electron chi connectivity index (χ2n) is 6.19. The van der Waals surface area contributed by atoms with Gasteiger partial charge >= 0.3 is 0 Å². The molecule has 30 heavy (non-hydrogen) atoms. The molecule has 2 aromatic carbocycles. The smallest absolute Gasteiger partial charge is 0.247 e. The number of ether oxygens (including phenoxy) is 1. The normalized spacial score (nSPS) is 11.5. The van der Waals surface area contributed by atoms with Crippen LogP contribution in [0.3, 0.4) is 0 Å². The summed E-state index contributed by atoms with van der Waals surface area (Å²) < 4.78 is 46.5. The number of nitrogens with zero attached hydrogens (tertiary/aromatic N) is 1. The number of carbonyl (C=O) groups excluding carboxylic acids is 1. The van der Waals surface area contributed by atoms with E-state index in [0.29, 0.717) is 15.6 Å². The van der Waals surface area contributed by atoms with Gasteiger partial charge < -0.3 is 9.64 Å². The van der Waals surface area contributed by atoms with Gasteiger partial charge in [-0.2, -0.15) is 0 Å². The van der Waals surface area contributed by atoms with Crippen molar-refractivity contribution in [1.29, 1.82) is 0 Å². The molecule has 6 nitrogen and oxygen atoms in total. The monoisotopic (exact) mass is 496 g/mol. The lowest BCUT2D eigenvalue weighted by atomic mass is 10.1. The Bertz CT molecular complexity index is 1070. The van der Waals surface area contributed by atoms with E-state index in [0.717, 1.165) is 0 Å². The minimum atomic E-state index is -3.74. The summed E-state index contributed by atoms with van der Waals surface area (Å²) in [6.45, 7) is 3.92. The molecule has 0 saturated carbocycles. The summed E-state index contributed by atoms with van der Waals surface area (Å²) in [6, 6.07) is 9.06. The van der Waals surface area contributed by atoms with E-state index in [2.05, 4.69) is 27.2 Å². The van der Waals surface area contributed by atoms with Crippen LogP contribution in [-0.4, -0.2) is 39.9 Å². The zero-order valence-electron chi connectivity index (χ0n) is 16.6. The van der Waals surface area contributed by atoms with Crippen LogP contribution in [0.4, 0.5) is 4.39 Å². The molecule has 9 heteroatoms. The summed E-state index contributed by atoms with van der Waals surface area (Å²) in [6.07, 6.45) is 4.34. The molecule has 0 aromatic heterocycles. The Balaban J connectivity index is 2.28. The van der Waals surface area contributed by atoms with Gasteiger partial charge in [0.2, 0.25) is 15.9 Å². The van der Waals surface area contributed by atoms with Crippen molar-refractivity contribution in [3.8, 4) is 5.75 Å². The molecule has 1 amide bonds. The van der Waals surface area contributed by atoms with Crippen LogP contribution in [0.1, 0.15) is 11.1 Å². The predicted octanol–water partition coefficient (Wildman–Crippen LogP) is 3.73. The Morgan fingerprint density at radius 1 is 1.30 bits per heavy atom. The zero-order chi connectivity index (χ0) is 22.3. The van der Waals surface area contributed by atoms with Gasteiger partial charge in [0.1, 0.15) is 16.5 Å². The van der Waals surface area contributed by atoms with Crippen molar-refractivity contribution >= 4 is 37.9 Å². The Morgan fingerprint density at radius 3 is 2.67 bits per heavy atom. The molecule has 0 bridgehead atoms. The first kappa shape index (κ1) is 23.8. The Hall–Kier alpha value is -2.49. The fraction of sp³-hybridized carbons (Fsp3) is 0.190. The molecular weight excluding hydrogens is 475 g/mol. The zero-order valence-corrected chi connectivity index (χ0v) is 19.0. The van der Waals surface area contributed by atoms with Crippen LogP contribution < -0.4 is 9.46 Å². The maximum atomic E-state index is 14.1. The summed E-state index contributed by atoms with van der Waals surface area (Å²) in [5, 5.41) is 0. The number of rotatable bonds is 9. The molecule has 1 N–H and O–H groups in total. The van der Waals surface area contributed by atoms with Crippen LogP contribution in [0.15, 0.2) is 64.5 Å². The van der Waals surface area contributed by atoms with Crippen LogP contribution in [0, 0.1) is 5.82 Å². The second kappa shape index (κ2) is 10.5. The standard InChI is InChI=1S/C21H22BrFN2O4S/c1-4-11-25(14-16-13-17(22)7-8-18(16)23)21(26)10-6-15-5-9-19(29-3)20(12-15)30(27,28)24-2/h4-10,12-13,24H,1,11,14H2,2-3H3/b10-6+. The fourth-order valence-electron chi connectivity index (χ4n) is 2.65. The SMILES string of the molecule is C=CCN(Cc1cc(Br)ccc1F)C(=O)/C=C/c1ccc(OC)c(S(=O)(=O)NC)c1. The topological polar surface area (TPSA) is 75.7 Å². The second-order valence-corrected chi connectivity index (χ2v) is 8.96. The van der Waals surface area contributed by atoms with Crippen molar-refractivity contribution in [1.82, 2.24) is 9.62 Å². The molecule has 0 saturated heterocycles. The van der Waals surface area contributed by atoms with E-state index < -0.39 is 15.8 Å². The molecule has 2 aromatic rings. The maximum Gasteiger partial charge on any atom is 0.247 e. The average Bonchev–Trinajstić information content (AvgIpc) is 2.73. The van der Waals surface area contributed by atoms with E-state index in [1.54, 1.807) is 24.3 Å². The lowest BCUT2D eigenvalue weighted by Crippen LogP contribution is -2.29. The van der Waals surface area contributed by atoms with Gasteiger partial charge in [-0.25, -0.2) is 17.5 Å². The third kappa shape index (κ3) is 6.01. The molecule has 0 atom stereocenters. The summed E-state index contributed by atoms with van der Waals surface area (Å²) in [5.74, 6) is -0.601. The number of nitrogens with one attached hydrogen (secondary N) is 1. The minimum absolute atomic E-state index is 0.0405. The summed E-state index contributed by atoms with van der Waals surface area (Å²) in [7, 11) is -1.07. The van der Waals surface area contributed by atoms with E-state index in [4.69, 9.17) is 4.74 Å². The lowest BCUT2D eigenvalue weighted by molar-refractivity contribution is -0.126. The Labute approximate surface area is 184 Å². The summed E-state index contributed by atoms with van der Waals surface area (Å²) in [4.78, 5) is 14.0. The van der Waals surface area contributed by atoms with Gasteiger partial charge in [-0.1, -0.05) is 28.1 Å². The summed E-state index contributed by atoms with van der Waals surface area (Å²) >= 11 is 3.30. The molecule has 0 aliphatic carbocycles. The van der Waals surface area contributed by atoms with Crippen LogP contribution in [0.25, 0.3) is 6.08 Å². The molecule has 2 rings (SSSR count). The molecule has 0 spiro atoms. The number of benzene rings is 2. The van der Waals surface area contributed by atoms with E-state index >= 15 is 0 Å². The predicted molar refractivity (Wildman–Crippen MR) is 118 cm³/mol.